The Morgan fingerprint density at radius 3 is 2.25 bits per heavy atom. The highest BCUT2D eigenvalue weighted by atomic mass is 19.1. The quantitative estimate of drug-likeness (QED) is 0.886. The zero-order valence-electron chi connectivity index (χ0n) is 12.0. The lowest BCUT2D eigenvalue weighted by Gasteiger charge is -2.18. The van der Waals surface area contributed by atoms with Crippen LogP contribution in [-0.4, -0.2) is 7.05 Å². The fourth-order valence-corrected chi connectivity index (χ4v) is 2.40. The molecule has 2 aromatic rings. The van der Waals surface area contributed by atoms with Gasteiger partial charge in [0, 0.05) is 12.1 Å². The van der Waals surface area contributed by atoms with Gasteiger partial charge in [0.2, 0.25) is 0 Å². The van der Waals surface area contributed by atoms with Crippen LogP contribution in [0.4, 0.5) is 8.78 Å². The van der Waals surface area contributed by atoms with E-state index in [1.165, 1.54) is 28.8 Å². The molecule has 0 bridgehead atoms. The first kappa shape index (κ1) is 14.7. The molecule has 1 nitrogen and oxygen atoms in total. The van der Waals surface area contributed by atoms with Crippen LogP contribution in [0.5, 0.6) is 0 Å². The van der Waals surface area contributed by atoms with Crippen LogP contribution < -0.4 is 5.32 Å². The van der Waals surface area contributed by atoms with Crippen molar-refractivity contribution in [3.63, 3.8) is 0 Å². The number of halogens is 2. The Balaban J connectivity index is 2.30. The Labute approximate surface area is 118 Å². The van der Waals surface area contributed by atoms with E-state index in [2.05, 4.69) is 23.5 Å². The molecule has 3 heteroatoms. The molecule has 1 N–H and O–H groups in total. The van der Waals surface area contributed by atoms with Crippen molar-refractivity contribution in [1.82, 2.24) is 5.32 Å². The van der Waals surface area contributed by atoms with Crippen LogP contribution in [0.3, 0.4) is 0 Å². The summed E-state index contributed by atoms with van der Waals surface area (Å²) in [6, 6.07) is 9.81. The molecule has 0 fully saturated rings. The molecule has 1 atom stereocenters. The van der Waals surface area contributed by atoms with Gasteiger partial charge in [-0.15, -0.1) is 0 Å². The molecule has 20 heavy (non-hydrogen) atoms. The van der Waals surface area contributed by atoms with Crippen molar-refractivity contribution in [2.24, 2.45) is 0 Å². The second-order valence-corrected chi connectivity index (χ2v) is 5.18. The maximum absolute atomic E-state index is 13.3. The zero-order valence-corrected chi connectivity index (χ0v) is 12.0. The Morgan fingerprint density at radius 1 is 1.00 bits per heavy atom. The zero-order chi connectivity index (χ0) is 14.7. The van der Waals surface area contributed by atoms with Crippen molar-refractivity contribution in [3.05, 3.63) is 70.3 Å². The lowest BCUT2D eigenvalue weighted by atomic mass is 9.95. The third-order valence-electron chi connectivity index (χ3n) is 3.56. The Kier molecular flexibility index (Phi) is 4.50. The van der Waals surface area contributed by atoms with Gasteiger partial charge in [-0.05, 0) is 56.1 Å². The van der Waals surface area contributed by atoms with Crippen LogP contribution in [0, 0.1) is 25.5 Å². The molecule has 0 aliphatic carbocycles. The summed E-state index contributed by atoms with van der Waals surface area (Å²) in [6.07, 6.45) is 0.701. The fourth-order valence-electron chi connectivity index (χ4n) is 2.40. The summed E-state index contributed by atoms with van der Waals surface area (Å²) in [5, 5.41) is 3.13. The SMILES string of the molecule is CNC(Cc1cc(C)ccc1C)c1cc(F)cc(F)c1. The molecule has 0 amide bonds. The molecule has 0 radical (unpaired) electrons. The summed E-state index contributed by atoms with van der Waals surface area (Å²) in [6.45, 7) is 4.09. The van der Waals surface area contributed by atoms with Crippen molar-refractivity contribution >= 4 is 0 Å². The average Bonchev–Trinajstić information content (AvgIpc) is 2.38. The maximum Gasteiger partial charge on any atom is 0.126 e. The van der Waals surface area contributed by atoms with E-state index in [1.54, 1.807) is 7.05 Å². The van der Waals surface area contributed by atoms with Crippen molar-refractivity contribution in [1.29, 1.82) is 0 Å². The molecule has 0 aliphatic heterocycles. The van der Waals surface area contributed by atoms with E-state index in [0.717, 1.165) is 6.07 Å². The van der Waals surface area contributed by atoms with Crippen LogP contribution in [0.25, 0.3) is 0 Å². The van der Waals surface area contributed by atoms with E-state index in [4.69, 9.17) is 0 Å². The maximum atomic E-state index is 13.3. The summed E-state index contributed by atoms with van der Waals surface area (Å²) in [7, 11) is 1.80. The molecule has 1 unspecified atom stereocenters. The number of rotatable bonds is 4. The molecule has 2 aromatic carbocycles. The number of nitrogens with one attached hydrogen (secondary N) is 1. The monoisotopic (exact) mass is 275 g/mol. The van der Waals surface area contributed by atoms with Gasteiger partial charge in [0.05, 0.1) is 0 Å². The normalized spacial score (nSPS) is 12.4. The van der Waals surface area contributed by atoms with Crippen LogP contribution in [0.1, 0.15) is 28.3 Å². The highest BCUT2D eigenvalue weighted by molar-refractivity contribution is 5.33. The van der Waals surface area contributed by atoms with Crippen LogP contribution in [0.15, 0.2) is 36.4 Å². The highest BCUT2D eigenvalue weighted by Gasteiger charge is 2.14. The lowest BCUT2D eigenvalue weighted by Crippen LogP contribution is -2.19. The first-order chi connectivity index (χ1) is 9.49. The van der Waals surface area contributed by atoms with Gasteiger partial charge in [-0.1, -0.05) is 23.8 Å². The smallest absolute Gasteiger partial charge is 0.126 e. The van der Waals surface area contributed by atoms with Crippen molar-refractivity contribution in [2.45, 2.75) is 26.3 Å². The molecule has 2 rings (SSSR count). The van der Waals surface area contributed by atoms with Gasteiger partial charge in [0.1, 0.15) is 11.6 Å². The van der Waals surface area contributed by atoms with E-state index in [-0.39, 0.29) is 6.04 Å². The van der Waals surface area contributed by atoms with Crippen LogP contribution in [0.2, 0.25) is 0 Å². The summed E-state index contributed by atoms with van der Waals surface area (Å²) >= 11 is 0. The van der Waals surface area contributed by atoms with Gasteiger partial charge in [0.15, 0.2) is 0 Å². The van der Waals surface area contributed by atoms with E-state index >= 15 is 0 Å². The van der Waals surface area contributed by atoms with Crippen molar-refractivity contribution in [3.8, 4) is 0 Å². The predicted molar refractivity (Wildman–Crippen MR) is 77.8 cm³/mol. The van der Waals surface area contributed by atoms with Gasteiger partial charge in [0.25, 0.3) is 0 Å². The highest BCUT2D eigenvalue weighted by Crippen LogP contribution is 2.22. The lowest BCUT2D eigenvalue weighted by molar-refractivity contribution is 0.550. The Bertz CT molecular complexity index is 588. The number of aryl methyl sites for hydroxylation is 2. The number of benzene rings is 2. The minimum atomic E-state index is -0.541. The molecule has 0 heterocycles. The summed E-state index contributed by atoms with van der Waals surface area (Å²) in [5.41, 5.74) is 4.19. The third-order valence-corrected chi connectivity index (χ3v) is 3.56. The molecule has 0 saturated carbocycles. The van der Waals surface area contributed by atoms with E-state index in [0.29, 0.717) is 12.0 Å². The molecule has 0 spiro atoms. The minimum absolute atomic E-state index is 0.110. The van der Waals surface area contributed by atoms with Crippen molar-refractivity contribution in [2.75, 3.05) is 7.05 Å². The molecular formula is C17H19F2N. The molecule has 0 aliphatic rings. The molecule has 0 saturated heterocycles. The third kappa shape index (κ3) is 3.42. The average molecular weight is 275 g/mol. The van der Waals surface area contributed by atoms with Crippen LogP contribution in [-0.2, 0) is 6.42 Å². The Morgan fingerprint density at radius 2 is 1.65 bits per heavy atom. The van der Waals surface area contributed by atoms with Crippen LogP contribution >= 0.6 is 0 Å². The van der Waals surface area contributed by atoms with Gasteiger partial charge in [-0.3, -0.25) is 0 Å². The molecule has 0 aromatic heterocycles. The molecular weight excluding hydrogens is 256 g/mol. The summed E-state index contributed by atoms with van der Waals surface area (Å²) in [5.74, 6) is -1.08. The number of hydrogen-bond donors (Lipinski definition) is 1. The Hall–Kier alpha value is -1.74. The van der Waals surface area contributed by atoms with Gasteiger partial charge in [-0.25, -0.2) is 8.78 Å². The predicted octanol–water partition coefficient (Wildman–Crippen LogP) is 4.08. The first-order valence-electron chi connectivity index (χ1n) is 6.69. The van der Waals surface area contributed by atoms with E-state index in [9.17, 15) is 8.78 Å². The van der Waals surface area contributed by atoms with Crippen molar-refractivity contribution < 1.29 is 8.78 Å². The molecule has 106 valence electrons. The second-order valence-electron chi connectivity index (χ2n) is 5.18. The van der Waals surface area contributed by atoms with E-state index < -0.39 is 11.6 Å². The van der Waals surface area contributed by atoms with Gasteiger partial charge >= 0.3 is 0 Å². The minimum Gasteiger partial charge on any atom is -0.313 e. The standard InChI is InChI=1S/C17H19F2N/c1-11-4-5-12(2)13(6-11)9-17(20-3)14-7-15(18)10-16(19)8-14/h4-8,10,17,20H,9H2,1-3H3. The second kappa shape index (κ2) is 6.14. The summed E-state index contributed by atoms with van der Waals surface area (Å²) in [4.78, 5) is 0. The fraction of sp³-hybridized carbons (Fsp3) is 0.294. The number of hydrogen-bond acceptors (Lipinski definition) is 1. The van der Waals surface area contributed by atoms with E-state index in [1.807, 2.05) is 13.8 Å². The van der Waals surface area contributed by atoms with Gasteiger partial charge in [-0.2, -0.15) is 0 Å². The first-order valence-corrected chi connectivity index (χ1v) is 6.69. The topological polar surface area (TPSA) is 12.0 Å². The van der Waals surface area contributed by atoms with Gasteiger partial charge < -0.3 is 5.32 Å². The number of likely N-dealkylation sites (N-methyl/N-ethyl adjacent to an activating group) is 1. The largest absolute Gasteiger partial charge is 0.313 e. The summed E-state index contributed by atoms with van der Waals surface area (Å²) < 4.78 is 26.7.